The van der Waals surface area contributed by atoms with Crippen molar-refractivity contribution in [3.63, 3.8) is 0 Å². The summed E-state index contributed by atoms with van der Waals surface area (Å²) in [6, 6.07) is 0. The number of hydrogen-bond donors (Lipinski definition) is 2. The van der Waals surface area contributed by atoms with Gasteiger partial charge in [-0.2, -0.15) is 0 Å². The molecule has 0 saturated heterocycles. The summed E-state index contributed by atoms with van der Waals surface area (Å²) in [7, 11) is 0. The number of aliphatic hydroxyl groups is 2. The Morgan fingerprint density at radius 3 is 2.27 bits per heavy atom. The normalized spacial score (nSPS) is 16.0. The number of hydrogen-bond acceptors (Lipinski definition) is 3. The third-order valence-corrected chi connectivity index (χ3v) is 1.54. The van der Waals surface area contributed by atoms with Gasteiger partial charge in [0.15, 0.2) is 0 Å². The first-order chi connectivity index (χ1) is 5.06. The minimum absolute atomic E-state index is 0.0409. The SMILES string of the molecule is CCC(O)C[C@H](O)CC(C)=O. The highest BCUT2D eigenvalue weighted by Crippen LogP contribution is 2.05. The average molecular weight is 160 g/mol. The lowest BCUT2D eigenvalue weighted by molar-refractivity contribution is -0.119. The first-order valence-corrected chi connectivity index (χ1v) is 3.91. The smallest absolute Gasteiger partial charge is 0.132 e. The van der Waals surface area contributed by atoms with Gasteiger partial charge in [-0.25, -0.2) is 0 Å². The minimum Gasteiger partial charge on any atom is -0.393 e. The van der Waals surface area contributed by atoms with Crippen molar-refractivity contribution in [2.45, 2.75) is 45.3 Å². The molecule has 0 spiro atoms. The fourth-order valence-corrected chi connectivity index (χ4v) is 0.896. The van der Waals surface area contributed by atoms with E-state index in [2.05, 4.69) is 0 Å². The van der Waals surface area contributed by atoms with Crippen LogP contribution in [0, 0.1) is 0 Å². The molecule has 1 unspecified atom stereocenters. The molecule has 11 heavy (non-hydrogen) atoms. The second-order valence-electron chi connectivity index (χ2n) is 2.86. The van der Waals surface area contributed by atoms with Crippen LogP contribution in [0.15, 0.2) is 0 Å². The molecule has 0 amide bonds. The van der Waals surface area contributed by atoms with E-state index in [1.54, 1.807) is 0 Å². The van der Waals surface area contributed by atoms with Crippen LogP contribution >= 0.6 is 0 Å². The van der Waals surface area contributed by atoms with Crippen molar-refractivity contribution in [3.8, 4) is 0 Å². The summed E-state index contributed by atoms with van der Waals surface area (Å²) in [6.45, 7) is 3.27. The number of carbonyl (C=O) groups excluding carboxylic acids is 1. The van der Waals surface area contributed by atoms with Crippen LogP contribution < -0.4 is 0 Å². The highest BCUT2D eigenvalue weighted by Gasteiger charge is 2.11. The van der Waals surface area contributed by atoms with Crippen LogP contribution in [0.4, 0.5) is 0 Å². The van der Waals surface area contributed by atoms with Gasteiger partial charge in [0.05, 0.1) is 12.2 Å². The topological polar surface area (TPSA) is 57.5 Å². The Kier molecular flexibility index (Phi) is 5.07. The van der Waals surface area contributed by atoms with Crippen molar-refractivity contribution >= 4 is 5.78 Å². The molecule has 0 rings (SSSR count). The van der Waals surface area contributed by atoms with E-state index >= 15 is 0 Å². The highest BCUT2D eigenvalue weighted by atomic mass is 16.3. The number of ketones is 1. The second-order valence-corrected chi connectivity index (χ2v) is 2.86. The fourth-order valence-electron chi connectivity index (χ4n) is 0.896. The number of aliphatic hydroxyl groups excluding tert-OH is 2. The van der Waals surface area contributed by atoms with Crippen LogP contribution in [0.25, 0.3) is 0 Å². The van der Waals surface area contributed by atoms with E-state index in [0.717, 1.165) is 0 Å². The minimum atomic E-state index is -0.678. The standard InChI is InChI=1S/C8H16O3/c1-3-7(10)5-8(11)4-6(2)9/h7-8,10-11H,3-5H2,1-2H3/t7?,8-/m1/s1. The van der Waals surface area contributed by atoms with Crippen molar-refractivity contribution in [1.82, 2.24) is 0 Å². The lowest BCUT2D eigenvalue weighted by Gasteiger charge is -2.11. The molecule has 2 atom stereocenters. The van der Waals surface area contributed by atoms with Crippen LogP contribution in [0.5, 0.6) is 0 Å². The molecule has 2 N–H and O–H groups in total. The maximum Gasteiger partial charge on any atom is 0.132 e. The number of rotatable bonds is 5. The first-order valence-electron chi connectivity index (χ1n) is 3.91. The number of carbonyl (C=O) groups is 1. The summed E-state index contributed by atoms with van der Waals surface area (Å²) >= 11 is 0. The maximum absolute atomic E-state index is 10.5. The molecule has 3 nitrogen and oxygen atoms in total. The summed E-state index contributed by atoms with van der Waals surface area (Å²) in [5.74, 6) is -0.0409. The molecule has 66 valence electrons. The van der Waals surface area contributed by atoms with Crippen LogP contribution in [-0.2, 0) is 4.79 Å². The summed E-state index contributed by atoms with van der Waals surface area (Å²) in [4.78, 5) is 10.5. The molecule has 0 aromatic rings. The van der Waals surface area contributed by atoms with Gasteiger partial charge in [0.25, 0.3) is 0 Å². The van der Waals surface area contributed by atoms with Gasteiger partial charge in [-0.05, 0) is 19.8 Å². The zero-order chi connectivity index (χ0) is 8.85. The van der Waals surface area contributed by atoms with Crippen LogP contribution in [-0.4, -0.2) is 28.2 Å². The predicted octanol–water partition coefficient (Wildman–Crippen LogP) is 0.487. The van der Waals surface area contributed by atoms with Crippen LogP contribution in [0.3, 0.4) is 0 Å². The molecule has 0 heterocycles. The first kappa shape index (κ1) is 10.6. The molecular weight excluding hydrogens is 144 g/mol. The summed E-state index contributed by atoms with van der Waals surface area (Å²) in [6.07, 6.45) is -0.0888. The molecule has 0 bridgehead atoms. The Morgan fingerprint density at radius 2 is 1.91 bits per heavy atom. The van der Waals surface area contributed by atoms with Gasteiger partial charge in [0.1, 0.15) is 5.78 Å². The van der Waals surface area contributed by atoms with Crippen molar-refractivity contribution in [2.75, 3.05) is 0 Å². The molecule has 0 aromatic carbocycles. The molecule has 0 aromatic heterocycles. The van der Waals surface area contributed by atoms with E-state index in [1.165, 1.54) is 6.92 Å². The van der Waals surface area contributed by atoms with Gasteiger partial charge in [-0.1, -0.05) is 6.92 Å². The van der Waals surface area contributed by atoms with Gasteiger partial charge in [-0.3, -0.25) is 4.79 Å². The number of Topliss-reactive ketones (excluding diaryl/α,β-unsaturated/α-hetero) is 1. The van der Waals surface area contributed by atoms with Crippen molar-refractivity contribution < 1.29 is 15.0 Å². The molecule has 0 saturated carbocycles. The molecule has 0 aliphatic rings. The van der Waals surface area contributed by atoms with Crippen molar-refractivity contribution in [1.29, 1.82) is 0 Å². The Balaban J connectivity index is 3.51. The van der Waals surface area contributed by atoms with Gasteiger partial charge < -0.3 is 10.2 Å². The maximum atomic E-state index is 10.5. The molecule has 0 aliphatic heterocycles. The summed E-state index contributed by atoms with van der Waals surface area (Å²) < 4.78 is 0. The van der Waals surface area contributed by atoms with E-state index in [-0.39, 0.29) is 12.2 Å². The van der Waals surface area contributed by atoms with E-state index in [0.29, 0.717) is 12.8 Å². The predicted molar refractivity (Wildman–Crippen MR) is 42.2 cm³/mol. The Labute approximate surface area is 67.0 Å². The van der Waals surface area contributed by atoms with Gasteiger partial charge >= 0.3 is 0 Å². The van der Waals surface area contributed by atoms with Crippen LogP contribution in [0.2, 0.25) is 0 Å². The van der Waals surface area contributed by atoms with E-state index in [1.807, 2.05) is 6.92 Å². The van der Waals surface area contributed by atoms with Gasteiger partial charge in [-0.15, -0.1) is 0 Å². The van der Waals surface area contributed by atoms with Gasteiger partial charge in [0.2, 0.25) is 0 Å². The lowest BCUT2D eigenvalue weighted by Crippen LogP contribution is -2.19. The van der Waals surface area contributed by atoms with E-state index < -0.39 is 12.2 Å². The quantitative estimate of drug-likeness (QED) is 0.615. The van der Waals surface area contributed by atoms with E-state index in [9.17, 15) is 4.79 Å². The largest absolute Gasteiger partial charge is 0.393 e. The fraction of sp³-hybridized carbons (Fsp3) is 0.875. The third-order valence-electron chi connectivity index (χ3n) is 1.54. The Morgan fingerprint density at radius 1 is 1.36 bits per heavy atom. The lowest BCUT2D eigenvalue weighted by atomic mass is 10.1. The monoisotopic (exact) mass is 160 g/mol. The van der Waals surface area contributed by atoms with Crippen molar-refractivity contribution in [2.24, 2.45) is 0 Å². The molecule has 3 heteroatoms. The molecule has 0 fully saturated rings. The zero-order valence-corrected chi connectivity index (χ0v) is 7.08. The Hall–Kier alpha value is -0.410. The Bertz CT molecular complexity index is 123. The average Bonchev–Trinajstić information content (AvgIpc) is 1.85. The van der Waals surface area contributed by atoms with E-state index in [4.69, 9.17) is 10.2 Å². The molecule has 0 aliphatic carbocycles. The second kappa shape index (κ2) is 5.27. The zero-order valence-electron chi connectivity index (χ0n) is 7.08. The van der Waals surface area contributed by atoms with Gasteiger partial charge in [0, 0.05) is 6.42 Å². The van der Waals surface area contributed by atoms with Crippen molar-refractivity contribution in [3.05, 3.63) is 0 Å². The third kappa shape index (κ3) is 6.01. The molecular formula is C8H16O3. The summed E-state index contributed by atoms with van der Waals surface area (Å²) in [5, 5.41) is 18.2. The van der Waals surface area contributed by atoms with Crippen LogP contribution in [0.1, 0.15) is 33.1 Å². The summed E-state index contributed by atoms with van der Waals surface area (Å²) in [5.41, 5.74) is 0. The highest BCUT2D eigenvalue weighted by molar-refractivity contribution is 5.75. The molecule has 0 radical (unpaired) electrons.